The summed E-state index contributed by atoms with van der Waals surface area (Å²) in [5.41, 5.74) is 1.83. The van der Waals surface area contributed by atoms with Gasteiger partial charge in [-0.05, 0) is 22.4 Å². The lowest BCUT2D eigenvalue weighted by Gasteiger charge is -2.12. The highest BCUT2D eigenvalue weighted by Crippen LogP contribution is 2.27. The van der Waals surface area contributed by atoms with Crippen LogP contribution < -0.4 is 15.4 Å². The predicted octanol–water partition coefficient (Wildman–Crippen LogP) is 3.02. The van der Waals surface area contributed by atoms with E-state index >= 15 is 0 Å². The molecule has 0 saturated carbocycles. The highest BCUT2D eigenvalue weighted by molar-refractivity contribution is 5.91. The molecule has 2 N–H and O–H groups in total. The molecule has 0 radical (unpaired) electrons. The fourth-order valence-electron chi connectivity index (χ4n) is 3.35. The fraction of sp³-hybridized carbons (Fsp3) is 0.167. The van der Waals surface area contributed by atoms with Crippen LogP contribution in [-0.4, -0.2) is 29.1 Å². The van der Waals surface area contributed by atoms with Crippen LogP contribution in [0.1, 0.15) is 27.6 Å². The van der Waals surface area contributed by atoms with Gasteiger partial charge in [-0.2, -0.15) is 4.98 Å². The monoisotopic (exact) mass is 430 g/mol. The summed E-state index contributed by atoms with van der Waals surface area (Å²) >= 11 is 0. The van der Waals surface area contributed by atoms with Crippen molar-refractivity contribution in [2.45, 2.75) is 19.5 Å². The van der Waals surface area contributed by atoms with E-state index in [4.69, 9.17) is 9.26 Å². The van der Waals surface area contributed by atoms with E-state index in [0.29, 0.717) is 12.3 Å². The number of nitrogens with zero attached hydrogens (tertiary/aromatic N) is 2. The van der Waals surface area contributed by atoms with Gasteiger partial charge in [0.2, 0.25) is 5.91 Å². The number of amides is 2. The zero-order valence-electron chi connectivity index (χ0n) is 17.5. The smallest absolute Gasteiger partial charge is 0.315 e. The Morgan fingerprint density at radius 2 is 1.72 bits per heavy atom. The van der Waals surface area contributed by atoms with Gasteiger partial charge in [0.25, 0.3) is 0 Å². The first-order valence-electron chi connectivity index (χ1n) is 10.1. The quantitative estimate of drug-likeness (QED) is 0.445. The third kappa shape index (κ3) is 4.92. The van der Waals surface area contributed by atoms with Gasteiger partial charge in [-0.15, -0.1) is 0 Å². The number of hydrogen-bond donors (Lipinski definition) is 2. The fourth-order valence-corrected chi connectivity index (χ4v) is 3.35. The molecule has 8 nitrogen and oxygen atoms in total. The van der Waals surface area contributed by atoms with E-state index in [9.17, 15) is 9.59 Å². The third-order valence-corrected chi connectivity index (χ3v) is 4.96. The van der Waals surface area contributed by atoms with Crippen LogP contribution in [0.3, 0.4) is 0 Å². The molecule has 3 aromatic carbocycles. The molecule has 0 aliphatic heterocycles. The molecule has 0 saturated heterocycles. The first-order chi connectivity index (χ1) is 15.6. The number of hydrogen-bond acceptors (Lipinski definition) is 6. The molecule has 4 rings (SSSR count). The summed E-state index contributed by atoms with van der Waals surface area (Å²) in [5.74, 6) is -0.172. The van der Waals surface area contributed by atoms with Gasteiger partial charge < -0.3 is 19.9 Å². The SMILES string of the molecule is COc1ccc2ccccc2c1CNC(=O)c1nc(CC(=O)NCc2ccccc2)no1. The van der Waals surface area contributed by atoms with Crippen LogP contribution in [0.2, 0.25) is 0 Å². The molecule has 0 aliphatic carbocycles. The highest BCUT2D eigenvalue weighted by Gasteiger charge is 2.18. The molecule has 162 valence electrons. The van der Waals surface area contributed by atoms with Crippen molar-refractivity contribution >= 4 is 22.6 Å². The average molecular weight is 430 g/mol. The topological polar surface area (TPSA) is 106 Å². The molecule has 1 aromatic heterocycles. The normalized spacial score (nSPS) is 10.7. The Kier molecular flexibility index (Phi) is 6.41. The van der Waals surface area contributed by atoms with E-state index in [1.807, 2.05) is 66.7 Å². The number of aromatic nitrogens is 2. The summed E-state index contributed by atoms with van der Waals surface area (Å²) in [6.45, 7) is 0.621. The van der Waals surface area contributed by atoms with Crippen LogP contribution in [0.25, 0.3) is 10.8 Å². The van der Waals surface area contributed by atoms with Gasteiger partial charge in [0.05, 0.1) is 13.5 Å². The molecular formula is C24H22N4O4. The molecule has 1 heterocycles. The first-order valence-corrected chi connectivity index (χ1v) is 10.1. The van der Waals surface area contributed by atoms with Crippen molar-refractivity contribution in [2.24, 2.45) is 0 Å². The Morgan fingerprint density at radius 1 is 0.938 bits per heavy atom. The molecule has 2 amide bonds. The Morgan fingerprint density at radius 3 is 2.53 bits per heavy atom. The third-order valence-electron chi connectivity index (χ3n) is 4.96. The van der Waals surface area contributed by atoms with Crippen LogP contribution >= 0.6 is 0 Å². The van der Waals surface area contributed by atoms with Crippen molar-refractivity contribution in [3.05, 3.63) is 89.6 Å². The molecule has 0 spiro atoms. The number of carbonyl (C=O) groups excluding carboxylic acids is 2. The molecule has 0 atom stereocenters. The highest BCUT2D eigenvalue weighted by atomic mass is 16.5. The zero-order chi connectivity index (χ0) is 22.3. The van der Waals surface area contributed by atoms with Gasteiger partial charge in [0.1, 0.15) is 5.75 Å². The lowest BCUT2D eigenvalue weighted by molar-refractivity contribution is -0.120. The maximum Gasteiger partial charge on any atom is 0.315 e. The molecule has 0 fully saturated rings. The predicted molar refractivity (Wildman–Crippen MR) is 118 cm³/mol. The number of benzene rings is 3. The standard InChI is InChI=1S/C24H22N4O4/c1-31-20-12-11-17-9-5-6-10-18(17)19(20)15-26-23(30)24-27-21(28-32-24)13-22(29)25-14-16-7-3-2-4-8-16/h2-12H,13-15H2,1H3,(H,25,29)(H,26,30). The number of carbonyl (C=O) groups is 2. The minimum Gasteiger partial charge on any atom is -0.496 e. The van der Waals surface area contributed by atoms with Crippen molar-refractivity contribution in [3.8, 4) is 5.75 Å². The van der Waals surface area contributed by atoms with Crippen molar-refractivity contribution in [3.63, 3.8) is 0 Å². The summed E-state index contributed by atoms with van der Waals surface area (Å²) in [6, 6.07) is 21.2. The molecular weight excluding hydrogens is 408 g/mol. The summed E-state index contributed by atoms with van der Waals surface area (Å²) in [4.78, 5) is 28.7. The molecule has 4 aromatic rings. The van der Waals surface area contributed by atoms with Gasteiger partial charge in [-0.25, -0.2) is 0 Å². The lowest BCUT2D eigenvalue weighted by atomic mass is 10.0. The molecule has 0 unspecified atom stereocenters. The van der Waals surface area contributed by atoms with Gasteiger partial charge in [-0.3, -0.25) is 9.59 Å². The Balaban J connectivity index is 1.36. The zero-order valence-corrected chi connectivity index (χ0v) is 17.5. The Labute approximate surface area is 184 Å². The number of fused-ring (bicyclic) bond motifs is 1. The maximum atomic E-state index is 12.5. The second-order valence-electron chi connectivity index (χ2n) is 7.11. The van der Waals surface area contributed by atoms with Gasteiger partial charge in [-0.1, -0.05) is 65.8 Å². The molecule has 0 aliphatic rings. The number of methoxy groups -OCH3 is 1. The molecule has 0 bridgehead atoms. The summed E-state index contributed by atoms with van der Waals surface area (Å²) in [6.07, 6.45) is -0.0826. The number of rotatable bonds is 8. The van der Waals surface area contributed by atoms with E-state index in [0.717, 1.165) is 21.9 Å². The minimum atomic E-state index is -0.525. The van der Waals surface area contributed by atoms with Gasteiger partial charge >= 0.3 is 11.8 Å². The van der Waals surface area contributed by atoms with E-state index in [-0.39, 0.29) is 30.6 Å². The summed E-state index contributed by atoms with van der Waals surface area (Å²) in [5, 5.41) is 11.3. The molecule has 8 heteroatoms. The van der Waals surface area contributed by atoms with E-state index < -0.39 is 5.91 Å². The van der Waals surface area contributed by atoms with Crippen molar-refractivity contribution in [1.82, 2.24) is 20.8 Å². The average Bonchev–Trinajstić information content (AvgIpc) is 3.30. The Hall–Kier alpha value is -4.20. The van der Waals surface area contributed by atoms with Crippen LogP contribution in [0.4, 0.5) is 0 Å². The summed E-state index contributed by atoms with van der Waals surface area (Å²) < 4.78 is 10.5. The van der Waals surface area contributed by atoms with Gasteiger partial charge in [0, 0.05) is 18.7 Å². The second kappa shape index (κ2) is 9.74. The van der Waals surface area contributed by atoms with Crippen molar-refractivity contribution < 1.29 is 18.8 Å². The minimum absolute atomic E-state index is 0.0826. The first kappa shape index (κ1) is 21.0. The van der Waals surface area contributed by atoms with Gasteiger partial charge in [0.15, 0.2) is 5.82 Å². The number of ether oxygens (including phenoxy) is 1. The maximum absolute atomic E-state index is 12.5. The van der Waals surface area contributed by atoms with Crippen LogP contribution in [-0.2, 0) is 24.3 Å². The molecule has 32 heavy (non-hydrogen) atoms. The van der Waals surface area contributed by atoms with Crippen LogP contribution in [0.5, 0.6) is 5.75 Å². The van der Waals surface area contributed by atoms with Crippen LogP contribution in [0, 0.1) is 0 Å². The lowest BCUT2D eigenvalue weighted by Crippen LogP contribution is -2.25. The van der Waals surface area contributed by atoms with E-state index in [1.165, 1.54) is 0 Å². The van der Waals surface area contributed by atoms with Crippen LogP contribution in [0.15, 0.2) is 71.3 Å². The van der Waals surface area contributed by atoms with Crippen molar-refractivity contribution in [1.29, 1.82) is 0 Å². The van der Waals surface area contributed by atoms with Crippen molar-refractivity contribution in [2.75, 3.05) is 7.11 Å². The Bertz CT molecular complexity index is 1240. The van der Waals surface area contributed by atoms with E-state index in [1.54, 1.807) is 7.11 Å². The van der Waals surface area contributed by atoms with E-state index in [2.05, 4.69) is 20.8 Å². The largest absolute Gasteiger partial charge is 0.496 e. The second-order valence-corrected chi connectivity index (χ2v) is 7.11. The summed E-state index contributed by atoms with van der Waals surface area (Å²) in [7, 11) is 1.59. The number of nitrogens with one attached hydrogen (secondary N) is 2.